The van der Waals surface area contributed by atoms with E-state index < -0.39 is 0 Å². The number of amidine groups is 1. The smallest absolute Gasteiger partial charge is 0.0964 e. The maximum Gasteiger partial charge on any atom is 0.0964 e. The highest BCUT2D eigenvalue weighted by atomic mass is 16.3. The summed E-state index contributed by atoms with van der Waals surface area (Å²) in [7, 11) is 0. The van der Waals surface area contributed by atoms with Gasteiger partial charge in [0.25, 0.3) is 0 Å². The van der Waals surface area contributed by atoms with E-state index in [1.807, 2.05) is 0 Å². The van der Waals surface area contributed by atoms with E-state index in [1.54, 1.807) is 0 Å². The summed E-state index contributed by atoms with van der Waals surface area (Å²) in [5.74, 6) is 1.07. The van der Waals surface area contributed by atoms with Crippen LogP contribution in [0.25, 0.3) is 0 Å². The van der Waals surface area contributed by atoms with Gasteiger partial charge in [-0.2, -0.15) is 0 Å². The quantitative estimate of drug-likeness (QED) is 0.659. The fourth-order valence-corrected chi connectivity index (χ4v) is 1.35. The van der Waals surface area contributed by atoms with E-state index in [9.17, 15) is 5.11 Å². The first kappa shape index (κ1) is 9.52. The molecule has 2 N–H and O–H groups in total. The van der Waals surface area contributed by atoms with Crippen molar-refractivity contribution in [3.8, 4) is 0 Å². The summed E-state index contributed by atoms with van der Waals surface area (Å²) in [6.45, 7) is 3.69. The summed E-state index contributed by atoms with van der Waals surface area (Å²) < 4.78 is 0. The maximum atomic E-state index is 9.39. The van der Waals surface area contributed by atoms with Crippen molar-refractivity contribution in [3.05, 3.63) is 0 Å². The zero-order valence-electron chi connectivity index (χ0n) is 7.71. The maximum absolute atomic E-state index is 9.39. The molecule has 0 aromatic heterocycles. The summed E-state index contributed by atoms with van der Waals surface area (Å²) in [5, 5.41) is 12.6. The molecule has 1 rings (SSSR count). The molecule has 3 nitrogen and oxygen atoms in total. The second-order valence-corrected chi connectivity index (χ2v) is 3.26. The summed E-state index contributed by atoms with van der Waals surface area (Å²) in [6, 6.07) is 0. The Labute approximate surface area is 73.9 Å². The van der Waals surface area contributed by atoms with Crippen LogP contribution in [-0.2, 0) is 0 Å². The SMILES string of the molecule is CCCC(O)CNC1=NCCC1. The Kier molecular flexibility index (Phi) is 4.08. The molecule has 0 saturated heterocycles. The molecule has 70 valence electrons. The van der Waals surface area contributed by atoms with Gasteiger partial charge in [-0.05, 0) is 12.8 Å². The molecule has 1 atom stereocenters. The molecule has 3 heteroatoms. The second-order valence-electron chi connectivity index (χ2n) is 3.26. The minimum atomic E-state index is -0.210. The lowest BCUT2D eigenvalue weighted by molar-refractivity contribution is 0.166. The highest BCUT2D eigenvalue weighted by Gasteiger charge is 2.07. The number of aliphatic imine (C=N–C) groups is 1. The van der Waals surface area contributed by atoms with Crippen LogP contribution in [0.2, 0.25) is 0 Å². The molecule has 0 spiro atoms. The zero-order valence-corrected chi connectivity index (χ0v) is 7.71. The molecule has 1 aliphatic heterocycles. The minimum absolute atomic E-state index is 0.210. The Bertz CT molecular complexity index is 157. The van der Waals surface area contributed by atoms with Gasteiger partial charge in [0, 0.05) is 19.5 Å². The summed E-state index contributed by atoms with van der Waals surface area (Å²) in [6.07, 6.45) is 3.92. The summed E-state index contributed by atoms with van der Waals surface area (Å²) >= 11 is 0. The molecule has 0 bridgehead atoms. The van der Waals surface area contributed by atoms with Gasteiger partial charge in [0.2, 0.25) is 0 Å². The van der Waals surface area contributed by atoms with Crippen LogP contribution in [0.3, 0.4) is 0 Å². The van der Waals surface area contributed by atoms with Crippen LogP contribution in [0, 0.1) is 0 Å². The van der Waals surface area contributed by atoms with E-state index in [0.717, 1.165) is 38.1 Å². The third-order valence-corrected chi connectivity index (χ3v) is 2.04. The molecule has 1 heterocycles. The lowest BCUT2D eigenvalue weighted by Gasteiger charge is -2.10. The molecule has 0 fully saturated rings. The van der Waals surface area contributed by atoms with Gasteiger partial charge in [0.05, 0.1) is 11.9 Å². The van der Waals surface area contributed by atoms with E-state index >= 15 is 0 Å². The van der Waals surface area contributed by atoms with Gasteiger partial charge in [-0.1, -0.05) is 13.3 Å². The number of hydrogen-bond donors (Lipinski definition) is 2. The molecule has 1 aliphatic rings. The normalized spacial score (nSPS) is 19.0. The second kappa shape index (κ2) is 5.14. The molecule has 0 aromatic carbocycles. The van der Waals surface area contributed by atoms with Crippen LogP contribution in [0.5, 0.6) is 0 Å². The molecule has 0 amide bonds. The van der Waals surface area contributed by atoms with Crippen molar-refractivity contribution >= 4 is 5.84 Å². The van der Waals surface area contributed by atoms with Crippen LogP contribution in [0.4, 0.5) is 0 Å². The Balaban J connectivity index is 2.07. The molecule has 1 unspecified atom stereocenters. The van der Waals surface area contributed by atoms with Gasteiger partial charge in [0.1, 0.15) is 0 Å². The monoisotopic (exact) mass is 170 g/mol. The van der Waals surface area contributed by atoms with Crippen molar-refractivity contribution in [2.75, 3.05) is 13.1 Å². The number of nitrogens with one attached hydrogen (secondary N) is 1. The number of aliphatic hydroxyl groups is 1. The minimum Gasteiger partial charge on any atom is -0.391 e. The van der Waals surface area contributed by atoms with Crippen LogP contribution >= 0.6 is 0 Å². The van der Waals surface area contributed by atoms with Crippen molar-refractivity contribution in [1.29, 1.82) is 0 Å². The first-order valence-corrected chi connectivity index (χ1v) is 4.78. The molecular weight excluding hydrogens is 152 g/mol. The van der Waals surface area contributed by atoms with Crippen LogP contribution in [-0.4, -0.2) is 30.1 Å². The zero-order chi connectivity index (χ0) is 8.81. The van der Waals surface area contributed by atoms with E-state index in [4.69, 9.17) is 0 Å². The van der Waals surface area contributed by atoms with Crippen molar-refractivity contribution in [2.24, 2.45) is 4.99 Å². The summed E-state index contributed by atoms with van der Waals surface area (Å²) in [4.78, 5) is 4.26. The lowest BCUT2D eigenvalue weighted by Crippen LogP contribution is -2.30. The molecular formula is C9H18N2O. The fourth-order valence-electron chi connectivity index (χ4n) is 1.35. The predicted molar refractivity (Wildman–Crippen MR) is 50.5 cm³/mol. The third kappa shape index (κ3) is 3.22. The van der Waals surface area contributed by atoms with E-state index in [-0.39, 0.29) is 6.10 Å². The summed E-state index contributed by atoms with van der Waals surface area (Å²) in [5.41, 5.74) is 0. The average molecular weight is 170 g/mol. The highest BCUT2D eigenvalue weighted by molar-refractivity contribution is 5.83. The van der Waals surface area contributed by atoms with Crippen LogP contribution in [0.1, 0.15) is 32.6 Å². The fraction of sp³-hybridized carbons (Fsp3) is 0.889. The molecule has 0 radical (unpaired) electrons. The van der Waals surface area contributed by atoms with Gasteiger partial charge in [0.15, 0.2) is 0 Å². The topological polar surface area (TPSA) is 44.6 Å². The van der Waals surface area contributed by atoms with E-state index in [2.05, 4.69) is 17.2 Å². The number of rotatable bonds is 4. The average Bonchev–Trinajstić information content (AvgIpc) is 2.53. The van der Waals surface area contributed by atoms with Crippen LogP contribution in [0.15, 0.2) is 4.99 Å². The first-order chi connectivity index (χ1) is 5.83. The van der Waals surface area contributed by atoms with Gasteiger partial charge in [-0.15, -0.1) is 0 Å². The van der Waals surface area contributed by atoms with E-state index in [1.165, 1.54) is 0 Å². The van der Waals surface area contributed by atoms with E-state index in [0.29, 0.717) is 6.54 Å². The van der Waals surface area contributed by atoms with Crippen molar-refractivity contribution < 1.29 is 5.11 Å². The van der Waals surface area contributed by atoms with Crippen molar-refractivity contribution in [3.63, 3.8) is 0 Å². The molecule has 0 aromatic rings. The molecule has 0 saturated carbocycles. The highest BCUT2D eigenvalue weighted by Crippen LogP contribution is 2.01. The van der Waals surface area contributed by atoms with Crippen LogP contribution < -0.4 is 5.32 Å². The van der Waals surface area contributed by atoms with Crippen molar-refractivity contribution in [1.82, 2.24) is 5.32 Å². The Hall–Kier alpha value is -0.570. The molecule has 0 aliphatic carbocycles. The number of nitrogens with zero attached hydrogens (tertiary/aromatic N) is 1. The predicted octanol–water partition coefficient (Wildman–Crippen LogP) is 0.929. The van der Waals surface area contributed by atoms with Gasteiger partial charge >= 0.3 is 0 Å². The standard InChI is InChI=1S/C9H18N2O/c1-2-4-8(12)7-11-9-5-3-6-10-9/h8,12H,2-7H2,1H3,(H,10,11). The molecule has 12 heavy (non-hydrogen) atoms. The van der Waals surface area contributed by atoms with Gasteiger partial charge < -0.3 is 10.4 Å². The lowest BCUT2D eigenvalue weighted by atomic mass is 10.2. The largest absolute Gasteiger partial charge is 0.391 e. The Morgan fingerprint density at radius 3 is 3.08 bits per heavy atom. The van der Waals surface area contributed by atoms with Gasteiger partial charge in [-0.3, -0.25) is 4.99 Å². The third-order valence-electron chi connectivity index (χ3n) is 2.04. The van der Waals surface area contributed by atoms with Crippen molar-refractivity contribution in [2.45, 2.75) is 38.7 Å². The first-order valence-electron chi connectivity index (χ1n) is 4.78. The Morgan fingerprint density at radius 2 is 2.50 bits per heavy atom. The number of hydrogen-bond acceptors (Lipinski definition) is 3. The van der Waals surface area contributed by atoms with Gasteiger partial charge in [-0.25, -0.2) is 0 Å². The Morgan fingerprint density at radius 1 is 1.67 bits per heavy atom. The number of aliphatic hydroxyl groups excluding tert-OH is 1.